The van der Waals surface area contributed by atoms with Crippen molar-refractivity contribution in [1.29, 1.82) is 0 Å². The number of aromatic nitrogens is 4. The van der Waals surface area contributed by atoms with Crippen LogP contribution in [0, 0.1) is 0 Å². The fourth-order valence-electron chi connectivity index (χ4n) is 2.06. The van der Waals surface area contributed by atoms with Crippen LogP contribution in [0.1, 0.15) is 5.89 Å². The maximum atomic E-state index is 5.61. The van der Waals surface area contributed by atoms with Crippen molar-refractivity contribution in [2.24, 2.45) is 0 Å². The fourth-order valence-corrected chi connectivity index (χ4v) is 3.31. The summed E-state index contributed by atoms with van der Waals surface area (Å²) in [5.74, 6) is 2.77. The van der Waals surface area contributed by atoms with Crippen molar-refractivity contribution in [3.8, 4) is 27.9 Å². The van der Waals surface area contributed by atoms with Crippen LogP contribution in [0.2, 0.25) is 0 Å². The molecule has 25 heavy (non-hydrogen) atoms. The monoisotopic (exact) mass is 372 g/mol. The van der Waals surface area contributed by atoms with E-state index in [0.29, 0.717) is 28.6 Å². The lowest BCUT2D eigenvalue weighted by Crippen LogP contribution is -1.85. The van der Waals surface area contributed by atoms with Crippen LogP contribution in [-0.2, 0) is 5.75 Å². The molecule has 126 valence electrons. The minimum absolute atomic E-state index is 0.454. The van der Waals surface area contributed by atoms with E-state index in [1.807, 2.05) is 41.8 Å². The average molecular weight is 372 g/mol. The number of hydrogen-bond acceptors (Lipinski definition) is 9. The molecule has 0 spiro atoms. The Morgan fingerprint density at radius 2 is 2.04 bits per heavy atom. The maximum Gasteiger partial charge on any atom is 0.277 e. The van der Waals surface area contributed by atoms with Crippen LogP contribution in [0.25, 0.3) is 22.2 Å². The summed E-state index contributed by atoms with van der Waals surface area (Å²) < 4.78 is 16.0. The van der Waals surface area contributed by atoms with Crippen LogP contribution < -0.4 is 4.74 Å². The van der Waals surface area contributed by atoms with E-state index in [1.165, 1.54) is 11.8 Å². The van der Waals surface area contributed by atoms with Crippen LogP contribution in [-0.4, -0.2) is 27.4 Å². The second kappa shape index (κ2) is 7.08. The summed E-state index contributed by atoms with van der Waals surface area (Å²) in [7, 11) is 1.63. The predicted octanol–water partition coefficient (Wildman–Crippen LogP) is 4.15. The fraction of sp³-hybridized carbons (Fsp3) is 0.125. The van der Waals surface area contributed by atoms with Crippen molar-refractivity contribution in [2.45, 2.75) is 11.0 Å². The predicted molar refractivity (Wildman–Crippen MR) is 93.5 cm³/mol. The van der Waals surface area contributed by atoms with Gasteiger partial charge in [0, 0.05) is 5.56 Å². The van der Waals surface area contributed by atoms with Gasteiger partial charge in [-0.2, -0.15) is 4.98 Å². The van der Waals surface area contributed by atoms with Gasteiger partial charge in [0.05, 0.1) is 17.7 Å². The molecule has 0 saturated carbocycles. The highest BCUT2D eigenvalue weighted by Crippen LogP contribution is 2.28. The summed E-state index contributed by atoms with van der Waals surface area (Å²) in [5, 5.41) is 14.5. The van der Waals surface area contributed by atoms with Crippen LogP contribution in [0.4, 0.5) is 0 Å². The van der Waals surface area contributed by atoms with Crippen LogP contribution in [0.15, 0.2) is 55.9 Å². The number of thiophene rings is 1. The van der Waals surface area contributed by atoms with Crippen LogP contribution in [0.3, 0.4) is 0 Å². The lowest BCUT2D eigenvalue weighted by Gasteiger charge is -1.98. The highest BCUT2D eigenvalue weighted by atomic mass is 32.2. The quantitative estimate of drug-likeness (QED) is 0.467. The highest BCUT2D eigenvalue weighted by molar-refractivity contribution is 7.98. The van der Waals surface area contributed by atoms with Crippen molar-refractivity contribution in [2.75, 3.05) is 7.11 Å². The zero-order valence-corrected chi connectivity index (χ0v) is 14.7. The van der Waals surface area contributed by atoms with Crippen molar-refractivity contribution in [1.82, 2.24) is 20.3 Å². The minimum atomic E-state index is 0.454. The summed E-state index contributed by atoms with van der Waals surface area (Å²) in [4.78, 5) is 5.32. The molecule has 9 heteroatoms. The average Bonchev–Trinajstić information content (AvgIpc) is 3.41. The molecule has 1 aromatic carbocycles. The molecule has 3 heterocycles. The Kier molecular flexibility index (Phi) is 4.49. The molecule has 0 N–H and O–H groups in total. The summed E-state index contributed by atoms with van der Waals surface area (Å²) in [6, 6.07) is 11.3. The number of ether oxygens (including phenoxy) is 1. The van der Waals surface area contributed by atoms with Crippen LogP contribution in [0.5, 0.6) is 5.75 Å². The van der Waals surface area contributed by atoms with Crippen molar-refractivity contribution >= 4 is 23.1 Å². The molecule has 0 amide bonds. The van der Waals surface area contributed by atoms with E-state index in [1.54, 1.807) is 18.4 Å². The SMILES string of the molecule is COc1ccc(-c2noc(CSc3nnc(-c4cccs4)o3)n2)cc1. The van der Waals surface area contributed by atoms with E-state index in [-0.39, 0.29) is 0 Å². The molecule has 0 aliphatic heterocycles. The summed E-state index contributed by atoms with van der Waals surface area (Å²) in [6.45, 7) is 0. The van der Waals surface area contributed by atoms with Gasteiger partial charge in [-0.05, 0) is 35.7 Å². The van der Waals surface area contributed by atoms with Gasteiger partial charge in [0.2, 0.25) is 11.7 Å². The van der Waals surface area contributed by atoms with E-state index in [9.17, 15) is 0 Å². The molecule has 0 atom stereocenters. The number of benzene rings is 1. The molecule has 0 aliphatic rings. The van der Waals surface area contributed by atoms with E-state index >= 15 is 0 Å². The van der Waals surface area contributed by atoms with Gasteiger partial charge in [-0.1, -0.05) is 23.0 Å². The zero-order chi connectivity index (χ0) is 17.1. The van der Waals surface area contributed by atoms with Gasteiger partial charge in [0.25, 0.3) is 11.1 Å². The lowest BCUT2D eigenvalue weighted by molar-refractivity contribution is 0.391. The van der Waals surface area contributed by atoms with Crippen molar-refractivity contribution in [3.63, 3.8) is 0 Å². The molecule has 4 aromatic rings. The first-order valence-corrected chi connectivity index (χ1v) is 9.15. The van der Waals surface area contributed by atoms with Crippen molar-refractivity contribution in [3.05, 3.63) is 47.7 Å². The van der Waals surface area contributed by atoms with Gasteiger partial charge in [0.1, 0.15) is 5.75 Å². The third kappa shape index (κ3) is 3.57. The van der Waals surface area contributed by atoms with Gasteiger partial charge < -0.3 is 13.7 Å². The van der Waals surface area contributed by atoms with E-state index in [4.69, 9.17) is 13.7 Å². The number of hydrogen-bond donors (Lipinski definition) is 0. The van der Waals surface area contributed by atoms with E-state index < -0.39 is 0 Å². The first-order valence-electron chi connectivity index (χ1n) is 7.29. The number of rotatable bonds is 6. The molecule has 3 aromatic heterocycles. The van der Waals surface area contributed by atoms with E-state index in [2.05, 4.69) is 20.3 Å². The minimum Gasteiger partial charge on any atom is -0.497 e. The smallest absolute Gasteiger partial charge is 0.277 e. The highest BCUT2D eigenvalue weighted by Gasteiger charge is 2.13. The topological polar surface area (TPSA) is 87.1 Å². The summed E-state index contributed by atoms with van der Waals surface area (Å²) >= 11 is 2.91. The maximum absolute atomic E-state index is 5.61. The Morgan fingerprint density at radius 1 is 1.16 bits per heavy atom. The number of thioether (sulfide) groups is 1. The van der Waals surface area contributed by atoms with Gasteiger partial charge in [-0.15, -0.1) is 21.5 Å². The van der Waals surface area contributed by atoms with Gasteiger partial charge in [0.15, 0.2) is 0 Å². The standard InChI is InChI=1S/C16H12N4O3S2/c1-21-11-6-4-10(5-7-11)14-17-13(23-20-14)9-25-16-19-18-15(22-16)12-3-2-8-24-12/h2-8H,9H2,1H3. The molecule has 7 nitrogen and oxygen atoms in total. The summed E-state index contributed by atoms with van der Waals surface area (Å²) in [5.41, 5.74) is 0.860. The molecule has 4 rings (SSSR count). The third-order valence-corrected chi connectivity index (χ3v) is 4.93. The number of methoxy groups -OCH3 is 1. The molecule has 0 aliphatic carbocycles. The van der Waals surface area contributed by atoms with Gasteiger partial charge in [-0.3, -0.25) is 0 Å². The molecule has 0 unspecified atom stereocenters. The Bertz CT molecular complexity index is 948. The molecule has 0 bridgehead atoms. The zero-order valence-electron chi connectivity index (χ0n) is 13.1. The Balaban J connectivity index is 1.41. The molecular formula is C16H12N4O3S2. The second-order valence-corrected chi connectivity index (χ2v) is 6.75. The lowest BCUT2D eigenvalue weighted by atomic mass is 10.2. The number of nitrogens with zero attached hydrogens (tertiary/aromatic N) is 4. The normalized spacial score (nSPS) is 10.9. The molecule has 0 saturated heterocycles. The Labute approximate surface area is 151 Å². The molecular weight excluding hydrogens is 360 g/mol. The second-order valence-electron chi connectivity index (χ2n) is 4.88. The largest absolute Gasteiger partial charge is 0.497 e. The third-order valence-electron chi connectivity index (χ3n) is 3.27. The first kappa shape index (κ1) is 15.9. The van der Waals surface area contributed by atoms with Crippen LogP contribution >= 0.6 is 23.1 Å². The van der Waals surface area contributed by atoms with Gasteiger partial charge in [-0.25, -0.2) is 0 Å². The van der Waals surface area contributed by atoms with Crippen molar-refractivity contribution < 1.29 is 13.7 Å². The molecule has 0 fully saturated rings. The summed E-state index contributed by atoms with van der Waals surface area (Å²) in [6.07, 6.45) is 0. The van der Waals surface area contributed by atoms with Gasteiger partial charge >= 0.3 is 0 Å². The first-order chi connectivity index (χ1) is 12.3. The Hall–Kier alpha value is -2.65. The molecule has 0 radical (unpaired) electrons. The Morgan fingerprint density at radius 3 is 2.80 bits per heavy atom. The van der Waals surface area contributed by atoms with E-state index in [0.717, 1.165) is 16.2 Å².